The summed E-state index contributed by atoms with van der Waals surface area (Å²) in [7, 11) is -3.84. The fourth-order valence-electron chi connectivity index (χ4n) is 1.45. The van der Waals surface area contributed by atoms with Crippen molar-refractivity contribution in [1.29, 1.82) is 0 Å². The second-order valence-corrected chi connectivity index (χ2v) is 7.73. The van der Waals surface area contributed by atoms with Crippen LogP contribution in [0.15, 0.2) is 10.3 Å². The van der Waals surface area contributed by atoms with Crippen LogP contribution in [0, 0.1) is 10.1 Å². The molecule has 11 heteroatoms. The summed E-state index contributed by atoms with van der Waals surface area (Å²) in [5.74, 6) is -0.892. The van der Waals surface area contributed by atoms with Crippen molar-refractivity contribution in [1.82, 2.24) is 4.72 Å². The fraction of sp³-hybridized carbons (Fsp3) is 0.500. The van der Waals surface area contributed by atoms with Gasteiger partial charge in [-0.05, 0) is 12.8 Å². The average Bonchev–Trinajstić information content (AvgIpc) is 2.76. The number of unbranched alkanes of at least 4 members (excludes halogenated alkanes) is 2. The third kappa shape index (κ3) is 5.58. The lowest BCUT2D eigenvalue weighted by Crippen LogP contribution is -2.24. The van der Waals surface area contributed by atoms with Gasteiger partial charge in [-0.15, -0.1) is 11.3 Å². The zero-order valence-corrected chi connectivity index (χ0v) is 13.1. The number of hydrogen-bond donors (Lipinski definition) is 2. The van der Waals surface area contributed by atoms with Crippen molar-refractivity contribution in [3.63, 3.8) is 0 Å². The van der Waals surface area contributed by atoms with Gasteiger partial charge in [0.1, 0.15) is 4.21 Å². The molecule has 0 amide bonds. The van der Waals surface area contributed by atoms with Crippen molar-refractivity contribution in [2.45, 2.75) is 29.9 Å². The molecule has 0 spiro atoms. The van der Waals surface area contributed by atoms with Gasteiger partial charge in [0.2, 0.25) is 10.0 Å². The molecule has 1 aromatic rings. The first-order valence-electron chi connectivity index (χ1n) is 5.89. The van der Waals surface area contributed by atoms with E-state index in [0.29, 0.717) is 30.6 Å². The number of sulfonamides is 1. The minimum atomic E-state index is -3.84. The summed E-state index contributed by atoms with van der Waals surface area (Å²) in [5, 5.41) is 19.1. The number of nitrogens with zero attached hydrogens (tertiary/aromatic N) is 1. The van der Waals surface area contributed by atoms with Crippen LogP contribution in [0.1, 0.15) is 25.7 Å². The zero-order chi connectivity index (χ0) is 16.0. The van der Waals surface area contributed by atoms with Crippen molar-refractivity contribution in [2.24, 2.45) is 0 Å². The second kappa shape index (κ2) is 7.69. The van der Waals surface area contributed by atoms with Gasteiger partial charge in [-0.3, -0.25) is 14.9 Å². The predicted molar refractivity (Wildman–Crippen MR) is 77.3 cm³/mol. The minimum absolute atomic E-state index is 0.0411. The number of hydrogen-bond acceptors (Lipinski definition) is 6. The monoisotopic (exact) mass is 356 g/mol. The first-order chi connectivity index (χ1) is 9.74. The average molecular weight is 357 g/mol. The lowest BCUT2D eigenvalue weighted by Gasteiger charge is -2.03. The van der Waals surface area contributed by atoms with Crippen molar-refractivity contribution < 1.29 is 23.2 Å². The molecule has 118 valence electrons. The van der Waals surface area contributed by atoms with Crippen LogP contribution < -0.4 is 4.72 Å². The Balaban J connectivity index is 2.52. The van der Waals surface area contributed by atoms with E-state index in [2.05, 4.69) is 4.72 Å². The topological polar surface area (TPSA) is 127 Å². The number of carboxylic acids is 1. The highest BCUT2D eigenvalue weighted by molar-refractivity contribution is 7.91. The van der Waals surface area contributed by atoms with E-state index in [0.717, 1.165) is 6.07 Å². The number of rotatable bonds is 9. The van der Waals surface area contributed by atoms with E-state index in [9.17, 15) is 23.3 Å². The van der Waals surface area contributed by atoms with Crippen LogP contribution in [0.25, 0.3) is 0 Å². The summed E-state index contributed by atoms with van der Waals surface area (Å²) in [4.78, 5) is 20.2. The lowest BCUT2D eigenvalue weighted by atomic mass is 10.2. The Labute approximate surface area is 129 Å². The molecule has 0 saturated heterocycles. The molecule has 2 N–H and O–H groups in total. The molecule has 0 aromatic carbocycles. The SMILES string of the molecule is O=C(O)CCCCCNS(=O)(=O)c1cc([N+](=O)[O-])c(Cl)s1. The van der Waals surface area contributed by atoms with Crippen LogP contribution in [-0.4, -0.2) is 31.0 Å². The van der Waals surface area contributed by atoms with Crippen molar-refractivity contribution in [3.05, 3.63) is 20.5 Å². The van der Waals surface area contributed by atoms with Crippen LogP contribution in [-0.2, 0) is 14.8 Å². The minimum Gasteiger partial charge on any atom is -0.481 e. The van der Waals surface area contributed by atoms with Gasteiger partial charge in [-0.25, -0.2) is 13.1 Å². The molecular weight excluding hydrogens is 344 g/mol. The Morgan fingerprint density at radius 2 is 2.10 bits per heavy atom. The summed E-state index contributed by atoms with van der Waals surface area (Å²) >= 11 is 6.22. The summed E-state index contributed by atoms with van der Waals surface area (Å²) in [6, 6.07) is 0.916. The number of carbonyl (C=O) groups is 1. The molecule has 21 heavy (non-hydrogen) atoms. The molecule has 0 aliphatic carbocycles. The Bertz CT molecular complexity index is 627. The molecule has 8 nitrogen and oxygen atoms in total. The van der Waals surface area contributed by atoms with E-state index < -0.39 is 26.6 Å². The predicted octanol–water partition coefficient (Wildman–Crippen LogP) is 2.23. The summed E-state index contributed by atoms with van der Waals surface area (Å²) in [6.07, 6.45) is 1.56. The zero-order valence-electron chi connectivity index (χ0n) is 10.7. The van der Waals surface area contributed by atoms with Crippen molar-refractivity contribution >= 4 is 44.6 Å². The van der Waals surface area contributed by atoms with Gasteiger partial charge < -0.3 is 5.11 Å². The van der Waals surface area contributed by atoms with Gasteiger partial charge in [-0.1, -0.05) is 18.0 Å². The van der Waals surface area contributed by atoms with E-state index in [1.54, 1.807) is 0 Å². The third-order valence-electron chi connectivity index (χ3n) is 2.47. The van der Waals surface area contributed by atoms with Gasteiger partial charge in [-0.2, -0.15) is 0 Å². The van der Waals surface area contributed by atoms with Crippen molar-refractivity contribution in [2.75, 3.05) is 6.54 Å². The third-order valence-corrected chi connectivity index (χ3v) is 5.74. The molecule has 1 rings (SSSR count). The normalized spacial score (nSPS) is 11.5. The molecule has 0 aliphatic rings. The largest absolute Gasteiger partial charge is 0.481 e. The van der Waals surface area contributed by atoms with Crippen LogP contribution in [0.3, 0.4) is 0 Å². The maximum absolute atomic E-state index is 11.9. The van der Waals surface area contributed by atoms with Gasteiger partial charge in [0.05, 0.1) is 4.92 Å². The van der Waals surface area contributed by atoms with Crippen LogP contribution in [0.5, 0.6) is 0 Å². The maximum Gasteiger partial charge on any atom is 0.303 e. The number of nitro groups is 1. The van der Waals surface area contributed by atoms with E-state index >= 15 is 0 Å². The maximum atomic E-state index is 11.9. The Morgan fingerprint density at radius 3 is 2.62 bits per heavy atom. The van der Waals surface area contributed by atoms with Gasteiger partial charge in [0.15, 0.2) is 4.34 Å². The molecule has 0 saturated carbocycles. The van der Waals surface area contributed by atoms with Gasteiger partial charge >= 0.3 is 5.97 Å². The highest BCUT2D eigenvalue weighted by atomic mass is 35.5. The Morgan fingerprint density at radius 1 is 1.43 bits per heavy atom. The molecule has 0 aliphatic heterocycles. The molecule has 1 heterocycles. The molecule has 0 fully saturated rings. The summed E-state index contributed by atoms with van der Waals surface area (Å²) in [5.41, 5.74) is -0.441. The van der Waals surface area contributed by atoms with E-state index in [1.807, 2.05) is 0 Å². The number of thiophene rings is 1. The van der Waals surface area contributed by atoms with Crippen molar-refractivity contribution in [3.8, 4) is 0 Å². The Kier molecular flexibility index (Phi) is 6.52. The highest BCUT2D eigenvalue weighted by Gasteiger charge is 2.24. The molecule has 0 bridgehead atoms. The van der Waals surface area contributed by atoms with Gasteiger partial charge in [0, 0.05) is 19.0 Å². The molecule has 0 unspecified atom stereocenters. The standard InChI is InChI=1S/C10H13ClN2O6S2/c11-10-7(13(16)17)6-9(20-10)21(18,19)12-5-3-1-2-4-8(14)15/h6,12H,1-5H2,(H,14,15). The second-order valence-electron chi connectivity index (χ2n) is 4.08. The first-order valence-corrected chi connectivity index (χ1v) is 8.57. The lowest BCUT2D eigenvalue weighted by molar-refractivity contribution is -0.384. The fourth-order valence-corrected chi connectivity index (χ4v) is 4.23. The Hall–Kier alpha value is -1.23. The summed E-state index contributed by atoms with van der Waals surface area (Å²) < 4.78 is 25.7. The van der Waals surface area contributed by atoms with E-state index in [4.69, 9.17) is 16.7 Å². The van der Waals surface area contributed by atoms with Crippen LogP contribution in [0.4, 0.5) is 5.69 Å². The molecule has 0 atom stereocenters. The molecule has 1 aromatic heterocycles. The highest BCUT2D eigenvalue weighted by Crippen LogP contribution is 2.36. The van der Waals surface area contributed by atoms with Crippen LogP contribution >= 0.6 is 22.9 Å². The van der Waals surface area contributed by atoms with E-state index in [-0.39, 0.29) is 21.5 Å². The number of carboxylic acid groups (broad SMARTS) is 1. The smallest absolute Gasteiger partial charge is 0.303 e. The van der Waals surface area contributed by atoms with Gasteiger partial charge in [0.25, 0.3) is 5.69 Å². The first kappa shape index (κ1) is 17.8. The number of nitrogens with one attached hydrogen (secondary N) is 1. The summed E-state index contributed by atoms with van der Waals surface area (Å²) in [6.45, 7) is 0.130. The van der Waals surface area contributed by atoms with E-state index in [1.165, 1.54) is 0 Å². The number of aliphatic carboxylic acids is 1. The number of halogens is 1. The molecular formula is C10H13ClN2O6S2. The quantitative estimate of drug-likeness (QED) is 0.397. The molecule has 0 radical (unpaired) electrons. The van der Waals surface area contributed by atoms with Crippen LogP contribution in [0.2, 0.25) is 4.34 Å².